The van der Waals surface area contributed by atoms with Crippen LogP contribution in [-0.4, -0.2) is 55.4 Å². The van der Waals surface area contributed by atoms with Crippen molar-refractivity contribution in [1.29, 1.82) is 0 Å². The lowest BCUT2D eigenvalue weighted by atomic mass is 10.0. The summed E-state index contributed by atoms with van der Waals surface area (Å²) < 4.78 is 13.1. The normalized spacial score (nSPS) is 17.3. The molecule has 1 saturated heterocycles. The molecule has 2 N–H and O–H groups in total. The number of anilines is 1. The maximum Gasteiger partial charge on any atom is 0.164 e. The summed E-state index contributed by atoms with van der Waals surface area (Å²) in [6.07, 6.45) is 2.73. The van der Waals surface area contributed by atoms with Crippen LogP contribution in [0.5, 0.6) is 0 Å². The van der Waals surface area contributed by atoms with Gasteiger partial charge in [-0.1, -0.05) is 0 Å². The molecular formula is C16H24FN3O. The lowest BCUT2D eigenvalue weighted by molar-refractivity contribution is 0.0939. The zero-order valence-corrected chi connectivity index (χ0v) is 12.8. The van der Waals surface area contributed by atoms with E-state index in [4.69, 9.17) is 5.73 Å². The summed E-state index contributed by atoms with van der Waals surface area (Å²) in [4.78, 5) is 16.7. The third kappa shape index (κ3) is 4.25. The molecule has 1 heterocycles. The Hall–Kier alpha value is -1.46. The van der Waals surface area contributed by atoms with Crippen LogP contribution in [0.1, 0.15) is 29.6 Å². The molecule has 0 radical (unpaired) electrons. The highest BCUT2D eigenvalue weighted by molar-refractivity contribution is 5.96. The lowest BCUT2D eigenvalue weighted by Gasteiger charge is -2.35. The molecule has 2 rings (SSSR count). The van der Waals surface area contributed by atoms with Crippen molar-refractivity contribution in [3.63, 3.8) is 0 Å². The van der Waals surface area contributed by atoms with E-state index in [9.17, 15) is 9.18 Å². The number of hydrogen-bond donors (Lipinski definition) is 1. The fourth-order valence-electron chi connectivity index (χ4n) is 2.76. The van der Waals surface area contributed by atoms with Gasteiger partial charge >= 0.3 is 0 Å². The molecule has 1 fully saturated rings. The van der Waals surface area contributed by atoms with Gasteiger partial charge in [0.1, 0.15) is 5.82 Å². The molecule has 21 heavy (non-hydrogen) atoms. The van der Waals surface area contributed by atoms with E-state index in [1.165, 1.54) is 18.2 Å². The second-order valence-electron chi connectivity index (χ2n) is 5.92. The molecule has 0 aliphatic carbocycles. The fraction of sp³-hybridized carbons (Fsp3) is 0.562. The molecule has 116 valence electrons. The predicted molar refractivity (Wildman–Crippen MR) is 82.9 cm³/mol. The zero-order chi connectivity index (χ0) is 15.4. The average Bonchev–Trinajstić information content (AvgIpc) is 2.48. The van der Waals surface area contributed by atoms with Crippen LogP contribution in [0.25, 0.3) is 0 Å². The topological polar surface area (TPSA) is 49.6 Å². The van der Waals surface area contributed by atoms with E-state index in [0.717, 1.165) is 32.5 Å². The van der Waals surface area contributed by atoms with Gasteiger partial charge in [0, 0.05) is 24.6 Å². The molecule has 0 amide bonds. The third-order valence-corrected chi connectivity index (χ3v) is 4.32. The Kier molecular flexibility index (Phi) is 5.31. The van der Waals surface area contributed by atoms with Crippen LogP contribution < -0.4 is 5.73 Å². The van der Waals surface area contributed by atoms with Gasteiger partial charge in [0.05, 0.1) is 5.69 Å². The minimum atomic E-state index is -0.477. The SMILES string of the molecule is CN1CCC(N(C)CCC(=O)c2ccc(F)c(N)c2)CC1. The Labute approximate surface area is 125 Å². The first-order valence-electron chi connectivity index (χ1n) is 7.44. The number of nitrogens with zero attached hydrogens (tertiary/aromatic N) is 2. The van der Waals surface area contributed by atoms with Crippen LogP contribution in [-0.2, 0) is 0 Å². The van der Waals surface area contributed by atoms with E-state index in [1.54, 1.807) is 0 Å². The summed E-state index contributed by atoms with van der Waals surface area (Å²) in [5, 5.41) is 0. The summed E-state index contributed by atoms with van der Waals surface area (Å²) in [5.74, 6) is -0.462. The number of carbonyl (C=O) groups excluding carboxylic acids is 1. The van der Waals surface area contributed by atoms with Gasteiger partial charge in [-0.3, -0.25) is 4.79 Å². The van der Waals surface area contributed by atoms with Crippen molar-refractivity contribution in [2.24, 2.45) is 0 Å². The van der Waals surface area contributed by atoms with Gasteiger partial charge < -0.3 is 15.5 Å². The second kappa shape index (κ2) is 7.00. The van der Waals surface area contributed by atoms with Crippen LogP contribution in [0.3, 0.4) is 0 Å². The second-order valence-corrected chi connectivity index (χ2v) is 5.92. The van der Waals surface area contributed by atoms with Crippen LogP contribution >= 0.6 is 0 Å². The maximum atomic E-state index is 13.1. The highest BCUT2D eigenvalue weighted by Gasteiger charge is 2.21. The summed E-state index contributed by atoms with van der Waals surface area (Å²) >= 11 is 0. The lowest BCUT2D eigenvalue weighted by Crippen LogP contribution is -2.42. The highest BCUT2D eigenvalue weighted by atomic mass is 19.1. The maximum absolute atomic E-state index is 13.1. The van der Waals surface area contributed by atoms with Crippen molar-refractivity contribution in [3.8, 4) is 0 Å². The summed E-state index contributed by atoms with van der Waals surface area (Å²) in [6, 6.07) is 4.73. The first-order valence-corrected chi connectivity index (χ1v) is 7.44. The van der Waals surface area contributed by atoms with Crippen LogP contribution in [0.2, 0.25) is 0 Å². The van der Waals surface area contributed by atoms with Crippen LogP contribution in [0, 0.1) is 5.82 Å². The molecule has 0 unspecified atom stereocenters. The van der Waals surface area contributed by atoms with Crippen molar-refractivity contribution in [2.75, 3.05) is 39.5 Å². The molecule has 0 spiro atoms. The zero-order valence-electron chi connectivity index (χ0n) is 12.8. The van der Waals surface area contributed by atoms with Crippen molar-refractivity contribution in [2.45, 2.75) is 25.3 Å². The molecule has 0 atom stereocenters. The Balaban J connectivity index is 1.84. The van der Waals surface area contributed by atoms with Crippen molar-refractivity contribution >= 4 is 11.5 Å². The Bertz CT molecular complexity index is 498. The number of nitrogens with two attached hydrogens (primary N) is 1. The molecule has 1 aliphatic rings. The monoisotopic (exact) mass is 293 g/mol. The van der Waals surface area contributed by atoms with Crippen molar-refractivity contribution in [1.82, 2.24) is 9.80 Å². The number of nitrogen functional groups attached to an aromatic ring is 1. The number of rotatable bonds is 5. The number of halogens is 1. The molecule has 0 saturated carbocycles. The number of Topliss-reactive ketones (excluding diaryl/α,β-unsaturated/α-hetero) is 1. The fourth-order valence-corrected chi connectivity index (χ4v) is 2.76. The van der Waals surface area contributed by atoms with Crippen molar-refractivity contribution in [3.05, 3.63) is 29.6 Å². The predicted octanol–water partition coefficient (Wildman–Crippen LogP) is 2.01. The van der Waals surface area contributed by atoms with E-state index >= 15 is 0 Å². The Morgan fingerprint density at radius 2 is 2.10 bits per heavy atom. The number of piperidine rings is 1. The molecule has 0 bridgehead atoms. The summed E-state index contributed by atoms with van der Waals surface area (Å²) in [6.45, 7) is 2.94. The Morgan fingerprint density at radius 1 is 1.43 bits per heavy atom. The number of carbonyl (C=O) groups is 1. The van der Waals surface area contributed by atoms with E-state index in [1.807, 2.05) is 0 Å². The van der Waals surface area contributed by atoms with Gasteiger partial charge in [-0.05, 0) is 58.2 Å². The van der Waals surface area contributed by atoms with Gasteiger partial charge in [-0.25, -0.2) is 4.39 Å². The molecular weight excluding hydrogens is 269 g/mol. The van der Waals surface area contributed by atoms with Crippen LogP contribution in [0.15, 0.2) is 18.2 Å². The molecule has 0 aromatic heterocycles. The van der Waals surface area contributed by atoms with E-state index in [2.05, 4.69) is 23.9 Å². The van der Waals surface area contributed by atoms with Gasteiger partial charge in [0.15, 0.2) is 5.78 Å². The van der Waals surface area contributed by atoms with Crippen molar-refractivity contribution < 1.29 is 9.18 Å². The van der Waals surface area contributed by atoms with E-state index < -0.39 is 5.82 Å². The van der Waals surface area contributed by atoms with Gasteiger partial charge in [0.2, 0.25) is 0 Å². The minimum absolute atomic E-state index is 0.0153. The molecule has 4 nitrogen and oxygen atoms in total. The summed E-state index contributed by atoms with van der Waals surface area (Å²) in [7, 11) is 4.21. The molecule has 1 aromatic carbocycles. The average molecular weight is 293 g/mol. The van der Waals surface area contributed by atoms with Gasteiger partial charge in [-0.2, -0.15) is 0 Å². The number of hydrogen-bond acceptors (Lipinski definition) is 4. The van der Waals surface area contributed by atoms with Gasteiger partial charge in [0.25, 0.3) is 0 Å². The smallest absolute Gasteiger partial charge is 0.164 e. The first kappa shape index (κ1) is 15.9. The summed E-state index contributed by atoms with van der Waals surface area (Å²) in [5.41, 5.74) is 6.03. The minimum Gasteiger partial charge on any atom is -0.396 e. The quantitative estimate of drug-likeness (QED) is 0.666. The molecule has 1 aromatic rings. The molecule has 1 aliphatic heterocycles. The highest BCUT2D eigenvalue weighted by Crippen LogP contribution is 2.16. The van der Waals surface area contributed by atoms with Crippen LogP contribution in [0.4, 0.5) is 10.1 Å². The van der Waals surface area contributed by atoms with E-state index in [0.29, 0.717) is 18.0 Å². The molecule has 5 heteroatoms. The Morgan fingerprint density at radius 3 is 2.71 bits per heavy atom. The number of benzene rings is 1. The van der Waals surface area contributed by atoms with Gasteiger partial charge in [-0.15, -0.1) is 0 Å². The number of ketones is 1. The first-order chi connectivity index (χ1) is 9.97. The number of likely N-dealkylation sites (tertiary alicyclic amines) is 1. The van der Waals surface area contributed by atoms with E-state index in [-0.39, 0.29) is 11.5 Å². The standard InChI is InChI=1S/C16H24FN3O/c1-19-8-5-13(6-9-19)20(2)10-7-16(21)12-3-4-14(17)15(18)11-12/h3-4,11,13H,5-10,18H2,1-2H3. The largest absolute Gasteiger partial charge is 0.396 e. The third-order valence-electron chi connectivity index (χ3n) is 4.32.